The van der Waals surface area contributed by atoms with Crippen molar-refractivity contribution in [3.63, 3.8) is 0 Å². The van der Waals surface area contributed by atoms with Crippen LogP contribution in [-0.2, 0) is 30.3 Å². The number of nitrogens with one attached hydrogen (secondary N) is 1. The number of benzene rings is 1. The van der Waals surface area contributed by atoms with Crippen LogP contribution in [0.2, 0.25) is 0 Å². The fourth-order valence-corrected chi connectivity index (χ4v) is 3.77. The van der Waals surface area contributed by atoms with Gasteiger partial charge in [-0.3, -0.25) is 29.3 Å². The Labute approximate surface area is 174 Å². The summed E-state index contributed by atoms with van der Waals surface area (Å²) in [6.45, 7) is 2.14. The molecule has 0 saturated heterocycles. The summed E-state index contributed by atoms with van der Waals surface area (Å²) in [6, 6.07) is 8.42. The SMILES string of the molecule is CC(=O)[C@H](Cc1ccccc1)NC(=O)COC(=O)C[C@H]1C(=O)C[C@@H](C)[C@H]1C[N+](=O)[O-]. The van der Waals surface area contributed by atoms with Crippen molar-refractivity contribution in [3.8, 4) is 0 Å². The van der Waals surface area contributed by atoms with E-state index in [4.69, 9.17) is 4.74 Å². The number of carbonyl (C=O) groups excluding carboxylic acids is 4. The predicted molar refractivity (Wildman–Crippen MR) is 106 cm³/mol. The van der Waals surface area contributed by atoms with Crippen molar-refractivity contribution in [1.29, 1.82) is 0 Å². The summed E-state index contributed by atoms with van der Waals surface area (Å²) in [5, 5.41) is 13.4. The van der Waals surface area contributed by atoms with Crippen molar-refractivity contribution in [2.24, 2.45) is 17.8 Å². The van der Waals surface area contributed by atoms with Crippen molar-refractivity contribution in [3.05, 3.63) is 46.0 Å². The second-order valence-corrected chi connectivity index (χ2v) is 7.72. The molecule has 1 aliphatic carbocycles. The average molecular weight is 418 g/mol. The lowest BCUT2D eigenvalue weighted by Crippen LogP contribution is -2.43. The molecule has 1 aliphatic rings. The van der Waals surface area contributed by atoms with Crippen LogP contribution in [0.15, 0.2) is 30.3 Å². The van der Waals surface area contributed by atoms with Gasteiger partial charge in [0.25, 0.3) is 5.91 Å². The summed E-state index contributed by atoms with van der Waals surface area (Å²) in [6.07, 6.45) is 0.207. The number of hydrogen-bond acceptors (Lipinski definition) is 7. The van der Waals surface area contributed by atoms with Crippen LogP contribution in [0.4, 0.5) is 0 Å². The van der Waals surface area contributed by atoms with Gasteiger partial charge in [-0.2, -0.15) is 0 Å². The molecule has 162 valence electrons. The first-order valence-electron chi connectivity index (χ1n) is 9.81. The van der Waals surface area contributed by atoms with Gasteiger partial charge in [0.05, 0.1) is 12.5 Å². The Morgan fingerprint density at radius 1 is 1.27 bits per heavy atom. The van der Waals surface area contributed by atoms with Crippen molar-refractivity contribution in [1.82, 2.24) is 5.32 Å². The third kappa shape index (κ3) is 6.75. The molecule has 4 atom stereocenters. The summed E-state index contributed by atoms with van der Waals surface area (Å²) >= 11 is 0. The van der Waals surface area contributed by atoms with Crippen LogP contribution >= 0.6 is 0 Å². The van der Waals surface area contributed by atoms with Gasteiger partial charge in [0.2, 0.25) is 6.54 Å². The number of ether oxygens (including phenoxy) is 1. The lowest BCUT2D eigenvalue weighted by atomic mass is 9.88. The Bertz CT molecular complexity index is 809. The highest BCUT2D eigenvalue weighted by Crippen LogP contribution is 2.36. The molecule has 2 rings (SSSR count). The van der Waals surface area contributed by atoms with E-state index in [1.54, 1.807) is 6.92 Å². The number of esters is 1. The van der Waals surface area contributed by atoms with E-state index in [9.17, 15) is 29.3 Å². The largest absolute Gasteiger partial charge is 0.456 e. The van der Waals surface area contributed by atoms with Crippen molar-refractivity contribution >= 4 is 23.4 Å². The quantitative estimate of drug-likeness (QED) is 0.344. The first-order chi connectivity index (χ1) is 14.2. The number of hydrogen-bond donors (Lipinski definition) is 1. The monoisotopic (exact) mass is 418 g/mol. The molecule has 0 bridgehead atoms. The molecule has 9 nitrogen and oxygen atoms in total. The maximum absolute atomic E-state index is 12.1. The van der Waals surface area contributed by atoms with E-state index in [-0.39, 0.29) is 36.9 Å². The number of nitro groups is 1. The highest BCUT2D eigenvalue weighted by Gasteiger charge is 2.44. The fourth-order valence-electron chi connectivity index (χ4n) is 3.77. The number of ketones is 2. The Balaban J connectivity index is 1.85. The van der Waals surface area contributed by atoms with Crippen LogP contribution in [-0.4, -0.2) is 47.6 Å². The standard InChI is InChI=1S/C21H26N2O7/c1-13-8-19(25)16(17(13)11-23(28)29)10-21(27)30-12-20(26)22-18(14(2)24)9-15-6-4-3-5-7-15/h3-7,13,16-18H,8-12H2,1-2H3,(H,22,26)/t13-,16-,17-,18+/m1/s1. The second-order valence-electron chi connectivity index (χ2n) is 7.72. The maximum atomic E-state index is 12.1. The van der Waals surface area contributed by atoms with Gasteiger partial charge in [-0.05, 0) is 24.8 Å². The number of nitrogens with zero attached hydrogens (tertiary/aromatic N) is 1. The van der Waals surface area contributed by atoms with Gasteiger partial charge in [0.15, 0.2) is 12.4 Å². The Morgan fingerprint density at radius 3 is 2.53 bits per heavy atom. The highest BCUT2D eigenvalue weighted by atomic mass is 16.6. The van der Waals surface area contributed by atoms with Crippen LogP contribution in [0, 0.1) is 27.9 Å². The molecular weight excluding hydrogens is 392 g/mol. The number of amides is 1. The zero-order valence-electron chi connectivity index (χ0n) is 17.0. The molecule has 0 unspecified atom stereocenters. The topological polar surface area (TPSA) is 133 Å². The zero-order valence-corrected chi connectivity index (χ0v) is 17.0. The van der Waals surface area contributed by atoms with E-state index >= 15 is 0 Å². The molecule has 9 heteroatoms. The lowest BCUT2D eigenvalue weighted by molar-refractivity contribution is -0.490. The molecule has 1 N–H and O–H groups in total. The molecule has 0 aliphatic heterocycles. The zero-order chi connectivity index (χ0) is 22.3. The minimum absolute atomic E-state index is 0.182. The lowest BCUT2D eigenvalue weighted by Gasteiger charge is -2.18. The summed E-state index contributed by atoms with van der Waals surface area (Å²) < 4.78 is 4.95. The van der Waals surface area contributed by atoms with E-state index in [0.29, 0.717) is 6.42 Å². The van der Waals surface area contributed by atoms with E-state index in [1.807, 2.05) is 30.3 Å². The Kier molecular flexibility index (Phi) is 8.20. The third-order valence-corrected chi connectivity index (χ3v) is 5.40. The minimum Gasteiger partial charge on any atom is -0.456 e. The number of carbonyl (C=O) groups is 4. The first-order valence-corrected chi connectivity index (χ1v) is 9.81. The van der Waals surface area contributed by atoms with Crippen molar-refractivity contribution in [2.75, 3.05) is 13.2 Å². The Hall–Kier alpha value is -3.10. The molecular formula is C21H26N2O7. The van der Waals surface area contributed by atoms with Gasteiger partial charge in [-0.15, -0.1) is 0 Å². The predicted octanol–water partition coefficient (Wildman–Crippen LogP) is 1.35. The van der Waals surface area contributed by atoms with Crippen molar-refractivity contribution < 1.29 is 28.8 Å². The van der Waals surface area contributed by atoms with Crippen LogP contribution in [0.25, 0.3) is 0 Å². The van der Waals surface area contributed by atoms with Gasteiger partial charge in [-0.25, -0.2) is 0 Å². The van der Waals surface area contributed by atoms with Crippen molar-refractivity contribution in [2.45, 2.75) is 39.2 Å². The van der Waals surface area contributed by atoms with Crippen LogP contribution in [0.3, 0.4) is 0 Å². The third-order valence-electron chi connectivity index (χ3n) is 5.40. The van der Waals surface area contributed by atoms with E-state index in [2.05, 4.69) is 5.32 Å². The molecule has 0 radical (unpaired) electrons. The van der Waals surface area contributed by atoms with Gasteiger partial charge < -0.3 is 10.1 Å². The first kappa shape index (κ1) is 23.2. The molecule has 0 heterocycles. The Morgan fingerprint density at radius 2 is 1.93 bits per heavy atom. The van der Waals surface area contributed by atoms with Crippen LogP contribution in [0.1, 0.15) is 32.3 Å². The number of Topliss-reactive ketones (excluding diaryl/α,β-unsaturated/α-hetero) is 2. The molecule has 1 amide bonds. The normalized spacial score (nSPS) is 21.7. The molecule has 0 spiro atoms. The average Bonchev–Trinajstić information content (AvgIpc) is 2.93. The smallest absolute Gasteiger partial charge is 0.307 e. The molecule has 1 aromatic rings. The second kappa shape index (κ2) is 10.6. The van der Waals surface area contributed by atoms with Crippen LogP contribution in [0.5, 0.6) is 0 Å². The van der Waals surface area contributed by atoms with E-state index in [0.717, 1.165) is 5.56 Å². The fraction of sp³-hybridized carbons (Fsp3) is 0.524. The van der Waals surface area contributed by atoms with E-state index in [1.165, 1.54) is 6.92 Å². The summed E-state index contributed by atoms with van der Waals surface area (Å²) in [4.78, 5) is 58.5. The molecule has 1 fully saturated rings. The van der Waals surface area contributed by atoms with Gasteiger partial charge >= 0.3 is 5.97 Å². The van der Waals surface area contributed by atoms with Gasteiger partial charge in [0.1, 0.15) is 5.78 Å². The minimum atomic E-state index is -0.774. The van der Waals surface area contributed by atoms with E-state index < -0.39 is 41.3 Å². The van der Waals surface area contributed by atoms with Crippen LogP contribution < -0.4 is 5.32 Å². The summed E-state index contributed by atoms with van der Waals surface area (Å²) in [7, 11) is 0. The summed E-state index contributed by atoms with van der Waals surface area (Å²) in [5.41, 5.74) is 0.876. The molecule has 30 heavy (non-hydrogen) atoms. The van der Waals surface area contributed by atoms with Gasteiger partial charge in [0, 0.05) is 23.2 Å². The summed E-state index contributed by atoms with van der Waals surface area (Å²) in [5.74, 6) is -3.31. The maximum Gasteiger partial charge on any atom is 0.307 e. The highest BCUT2D eigenvalue weighted by molar-refractivity contribution is 5.90. The molecule has 1 saturated carbocycles. The van der Waals surface area contributed by atoms with Gasteiger partial charge in [-0.1, -0.05) is 37.3 Å². The molecule has 1 aromatic carbocycles. The number of rotatable bonds is 10. The molecule has 0 aromatic heterocycles.